The number of hydrogen-bond acceptors (Lipinski definition) is 9. The molecule has 3 aromatic rings. The van der Waals surface area contributed by atoms with E-state index in [0.717, 1.165) is 12.6 Å². The maximum Gasteiger partial charge on any atom is 0.246 e. The summed E-state index contributed by atoms with van der Waals surface area (Å²) in [5.41, 5.74) is 16.8. The quantitative estimate of drug-likeness (QED) is 0.0254. The number of hydrogen-bond donors (Lipinski definition) is 7. The number of rotatable bonds is 27. The van der Waals surface area contributed by atoms with E-state index in [1.54, 1.807) is 0 Å². The molecule has 428 valence electrons. The van der Waals surface area contributed by atoms with Gasteiger partial charge in [-0.3, -0.25) is 43.3 Å². The molecule has 3 saturated heterocycles. The first-order chi connectivity index (χ1) is 37.8. The number of carbonyl (C=O) groups excluding carboxylic acids is 8. The molecular formula is C59H85N11O8P+. The molecule has 0 unspecified atom stereocenters. The van der Waals surface area contributed by atoms with Gasteiger partial charge in [-0.15, -0.1) is 0 Å². The molecule has 0 radical (unpaired) electrons. The summed E-state index contributed by atoms with van der Waals surface area (Å²) in [4.78, 5) is 119. The Bertz CT molecular complexity index is 2490. The zero-order valence-electron chi connectivity index (χ0n) is 46.8. The lowest BCUT2D eigenvalue weighted by Gasteiger charge is -2.34. The van der Waals surface area contributed by atoms with Gasteiger partial charge in [-0.2, -0.15) is 0 Å². The lowest BCUT2D eigenvalue weighted by Crippen LogP contribution is -2.59. The van der Waals surface area contributed by atoms with Crippen molar-refractivity contribution in [2.75, 3.05) is 32.3 Å². The number of amides is 8. The van der Waals surface area contributed by atoms with Gasteiger partial charge in [-0.1, -0.05) is 82.3 Å². The van der Waals surface area contributed by atoms with Crippen molar-refractivity contribution in [2.45, 2.75) is 160 Å². The number of unbranched alkanes of at least 4 members (excludes halogenated alkanes) is 1. The maximum atomic E-state index is 14.6. The normalized spacial score (nSPS) is 18.8. The second kappa shape index (κ2) is 29.4. The molecule has 0 bridgehead atoms. The molecule has 0 aromatic heterocycles. The molecule has 3 fully saturated rings. The van der Waals surface area contributed by atoms with E-state index in [1.807, 2.05) is 45.9 Å². The molecule has 3 aliphatic heterocycles. The number of benzene rings is 3. The van der Waals surface area contributed by atoms with Crippen LogP contribution in [0.25, 0.3) is 0 Å². The van der Waals surface area contributed by atoms with E-state index >= 15 is 0 Å². The summed E-state index contributed by atoms with van der Waals surface area (Å²) in [6.45, 7) is 10.3. The Morgan fingerprint density at radius 1 is 0.557 bits per heavy atom. The van der Waals surface area contributed by atoms with Crippen molar-refractivity contribution in [1.82, 2.24) is 36.0 Å². The fourth-order valence-electron chi connectivity index (χ4n) is 11.4. The lowest BCUT2D eigenvalue weighted by atomic mass is 10.0. The second-order valence-electron chi connectivity index (χ2n) is 22.1. The third-order valence-electron chi connectivity index (χ3n) is 15.3. The summed E-state index contributed by atoms with van der Waals surface area (Å²) >= 11 is 0. The van der Waals surface area contributed by atoms with Gasteiger partial charge in [0.1, 0.15) is 65.5 Å². The molecule has 8 amide bonds. The third-order valence-corrected chi connectivity index (χ3v) is 19.8. The zero-order chi connectivity index (χ0) is 57.2. The molecule has 19 nitrogen and oxygen atoms in total. The molecule has 20 heteroatoms. The first kappa shape index (κ1) is 61.3. The van der Waals surface area contributed by atoms with Crippen LogP contribution in [0.5, 0.6) is 0 Å². The monoisotopic (exact) mass is 1110 g/mol. The Kier molecular flexibility index (Phi) is 22.8. The van der Waals surface area contributed by atoms with Crippen molar-refractivity contribution in [2.24, 2.45) is 34.0 Å². The summed E-state index contributed by atoms with van der Waals surface area (Å²) in [6.07, 6.45) is 6.25. The standard InChI is InChI=1S/C59H84N11O8P/c1-39(2)37-46(57(77)70-35-20-30-50(70)58(78)69-34-19-29-49(69)55(75)67-47(38-40(3)4)56(76)68-33-18-28-48(68)52(60)72)66-53(73)41(5)64-54(74)45(27-17-32-63-59(61)62)65-51(71)31-15-16-36-79(42-21-9-6-10-22-42,43-23-11-7-12-24-43)44-25-13-8-14-26-44/h6-14,21-26,39-41,45-50H,15-20,27-38H2,1-5H3,(H9-,60,61,62,63,64,65,66,67,71,72,73,74,75)/p+1/t41-,45-,46-,47-,48-,49-,50-/m0/s1. The van der Waals surface area contributed by atoms with Crippen LogP contribution in [0.2, 0.25) is 0 Å². The highest BCUT2D eigenvalue weighted by Gasteiger charge is 2.47. The van der Waals surface area contributed by atoms with Crippen LogP contribution in [0.4, 0.5) is 0 Å². The van der Waals surface area contributed by atoms with Crippen LogP contribution < -0.4 is 54.4 Å². The topological polar surface area (TPSA) is 285 Å². The maximum absolute atomic E-state index is 14.6. The highest BCUT2D eigenvalue weighted by atomic mass is 31.2. The summed E-state index contributed by atoms with van der Waals surface area (Å²) in [5.74, 6) is -3.93. The SMILES string of the molecule is CC(C)C[C@H](NC(=O)[C@@H]1CCCN1C(=O)[C@@H]1CCCN1C(=O)[C@H](CC(C)C)NC(=O)[C@H](C)NC(=O)[C@H](CCCN=C(N)N)NC(=O)CCCC[P+](c1ccccc1)(c1ccccc1)c1ccccc1)C(=O)N1CCC[C@H]1C(N)=O. The number of aliphatic imine (C=N–C) groups is 1. The van der Waals surface area contributed by atoms with Crippen molar-refractivity contribution in [1.29, 1.82) is 0 Å². The van der Waals surface area contributed by atoms with Gasteiger partial charge in [0.2, 0.25) is 47.3 Å². The van der Waals surface area contributed by atoms with Crippen LogP contribution >= 0.6 is 7.26 Å². The molecule has 6 rings (SSSR count). The molecule has 10 N–H and O–H groups in total. The van der Waals surface area contributed by atoms with Gasteiger partial charge in [0.05, 0.1) is 6.16 Å². The van der Waals surface area contributed by atoms with Gasteiger partial charge >= 0.3 is 0 Å². The molecule has 79 heavy (non-hydrogen) atoms. The Hall–Kier alpha value is -6.88. The first-order valence-electron chi connectivity index (χ1n) is 28.3. The molecule has 0 spiro atoms. The van der Waals surface area contributed by atoms with Crippen LogP contribution in [0.15, 0.2) is 96.0 Å². The minimum absolute atomic E-state index is 0.0286. The Balaban J connectivity index is 1.08. The van der Waals surface area contributed by atoms with Crippen molar-refractivity contribution in [3.8, 4) is 0 Å². The van der Waals surface area contributed by atoms with Crippen LogP contribution in [-0.4, -0.2) is 143 Å². The number of nitrogens with one attached hydrogen (secondary N) is 4. The Labute approximate surface area is 466 Å². The predicted molar refractivity (Wildman–Crippen MR) is 309 cm³/mol. The first-order valence-corrected chi connectivity index (χ1v) is 30.3. The van der Waals surface area contributed by atoms with E-state index in [9.17, 15) is 38.4 Å². The number of likely N-dealkylation sites (tertiary alicyclic amines) is 3. The fourth-order valence-corrected chi connectivity index (χ4v) is 15.8. The molecule has 3 heterocycles. The number of nitrogens with zero attached hydrogens (tertiary/aromatic N) is 4. The molecule has 3 aromatic carbocycles. The summed E-state index contributed by atoms with van der Waals surface area (Å²) in [5, 5.41) is 15.2. The van der Waals surface area contributed by atoms with E-state index in [0.29, 0.717) is 64.3 Å². The number of primary amides is 1. The highest BCUT2D eigenvalue weighted by Crippen LogP contribution is 2.56. The summed E-state index contributed by atoms with van der Waals surface area (Å²) < 4.78 is 0. The highest BCUT2D eigenvalue weighted by molar-refractivity contribution is 7.95. The van der Waals surface area contributed by atoms with Gasteiger partial charge < -0.3 is 53.2 Å². The van der Waals surface area contributed by atoms with E-state index in [1.165, 1.54) is 37.5 Å². The van der Waals surface area contributed by atoms with Crippen molar-refractivity contribution in [3.05, 3.63) is 91.0 Å². The van der Waals surface area contributed by atoms with Crippen molar-refractivity contribution < 1.29 is 38.4 Å². The number of nitrogens with two attached hydrogens (primary N) is 3. The van der Waals surface area contributed by atoms with E-state index in [-0.39, 0.29) is 74.4 Å². The average molecular weight is 1110 g/mol. The van der Waals surface area contributed by atoms with Crippen LogP contribution in [0.3, 0.4) is 0 Å². The van der Waals surface area contributed by atoms with E-state index < -0.39 is 79.1 Å². The minimum atomic E-state index is -2.11. The summed E-state index contributed by atoms with van der Waals surface area (Å²) in [6, 6.07) is 25.0. The zero-order valence-corrected chi connectivity index (χ0v) is 47.7. The van der Waals surface area contributed by atoms with Gasteiger partial charge in [0.15, 0.2) is 5.96 Å². The van der Waals surface area contributed by atoms with Gasteiger partial charge in [-0.05, 0) is 132 Å². The average Bonchev–Trinajstić information content (AvgIpc) is 4.35. The second-order valence-corrected chi connectivity index (χ2v) is 25.8. The van der Waals surface area contributed by atoms with Crippen LogP contribution in [-0.2, 0) is 38.4 Å². The van der Waals surface area contributed by atoms with Gasteiger partial charge in [0, 0.05) is 32.6 Å². The lowest BCUT2D eigenvalue weighted by molar-refractivity contribution is -0.148. The van der Waals surface area contributed by atoms with Crippen LogP contribution in [0, 0.1) is 11.8 Å². The van der Waals surface area contributed by atoms with Gasteiger partial charge in [-0.25, -0.2) is 0 Å². The van der Waals surface area contributed by atoms with Gasteiger partial charge in [0.25, 0.3) is 0 Å². The van der Waals surface area contributed by atoms with Crippen molar-refractivity contribution in [3.63, 3.8) is 0 Å². The van der Waals surface area contributed by atoms with Crippen molar-refractivity contribution >= 4 is 76.4 Å². The third kappa shape index (κ3) is 16.4. The molecule has 0 aliphatic carbocycles. The smallest absolute Gasteiger partial charge is 0.246 e. The Morgan fingerprint density at radius 3 is 1.54 bits per heavy atom. The molecule has 0 saturated carbocycles. The minimum Gasteiger partial charge on any atom is -0.370 e. The van der Waals surface area contributed by atoms with E-state index in [4.69, 9.17) is 17.2 Å². The van der Waals surface area contributed by atoms with E-state index in [2.05, 4.69) is 99.1 Å². The number of carbonyl (C=O) groups is 8. The fraction of sp³-hybridized carbons (Fsp3) is 0.542. The molecule has 3 aliphatic rings. The molecular weight excluding hydrogens is 1020 g/mol. The predicted octanol–water partition coefficient (Wildman–Crippen LogP) is 2.71. The molecule has 7 atom stereocenters. The largest absolute Gasteiger partial charge is 0.370 e. The Morgan fingerprint density at radius 2 is 1.04 bits per heavy atom. The summed E-state index contributed by atoms with van der Waals surface area (Å²) in [7, 11) is -2.11. The number of guanidine groups is 1. The van der Waals surface area contributed by atoms with Crippen LogP contribution in [0.1, 0.15) is 118 Å².